The van der Waals surface area contributed by atoms with Gasteiger partial charge >= 0.3 is 0 Å². The Morgan fingerprint density at radius 2 is 1.89 bits per heavy atom. The van der Waals surface area contributed by atoms with Crippen molar-refractivity contribution < 1.29 is 0 Å². The van der Waals surface area contributed by atoms with Crippen LogP contribution in [0.1, 0.15) is 30.2 Å². The molecule has 0 aromatic carbocycles. The second-order valence-electron chi connectivity index (χ2n) is 5.35. The van der Waals surface area contributed by atoms with Gasteiger partial charge in [-0.3, -0.25) is 4.90 Å². The molecule has 0 atom stereocenters. The lowest BCUT2D eigenvalue weighted by atomic mass is 10.1. The second kappa shape index (κ2) is 6.58. The zero-order chi connectivity index (χ0) is 13.8. The number of hydrogen-bond acceptors (Lipinski definition) is 3. The van der Waals surface area contributed by atoms with Gasteiger partial charge in [0.05, 0.1) is 5.88 Å². The number of aryl methyl sites for hydroxylation is 2. The lowest BCUT2D eigenvalue weighted by Crippen LogP contribution is -2.47. The molecule has 3 nitrogen and oxygen atoms in total. The highest BCUT2D eigenvalue weighted by Gasteiger charge is 2.20. The highest BCUT2D eigenvalue weighted by atomic mass is 35.5. The average molecular weight is 282 g/mol. The van der Waals surface area contributed by atoms with Crippen molar-refractivity contribution in [3.63, 3.8) is 0 Å². The minimum Gasteiger partial charge on any atom is -0.354 e. The first-order chi connectivity index (χ1) is 9.15. The molecule has 2 heterocycles. The van der Waals surface area contributed by atoms with Gasteiger partial charge in [0.2, 0.25) is 0 Å². The Hall–Kier alpha value is -0.800. The van der Waals surface area contributed by atoms with Crippen LogP contribution in [0, 0.1) is 13.8 Å². The van der Waals surface area contributed by atoms with Crippen LogP contribution in [0.15, 0.2) is 6.07 Å². The first-order valence-corrected chi connectivity index (χ1v) is 7.69. The minimum absolute atomic E-state index is 0.545. The molecular formula is C15H24ClN3. The summed E-state index contributed by atoms with van der Waals surface area (Å²) >= 11 is 6.11. The highest BCUT2D eigenvalue weighted by molar-refractivity contribution is 6.17. The van der Waals surface area contributed by atoms with E-state index in [1.54, 1.807) is 0 Å². The number of aromatic nitrogens is 1. The van der Waals surface area contributed by atoms with Gasteiger partial charge in [-0.05, 0) is 38.4 Å². The van der Waals surface area contributed by atoms with Gasteiger partial charge in [0.25, 0.3) is 0 Å². The molecule has 0 radical (unpaired) electrons. The van der Waals surface area contributed by atoms with Crippen LogP contribution >= 0.6 is 11.6 Å². The van der Waals surface area contributed by atoms with Crippen LogP contribution in [0.5, 0.6) is 0 Å². The van der Waals surface area contributed by atoms with E-state index < -0.39 is 0 Å². The SMILES string of the molecule is CCCN1CCN(c2nc(C)cc(C)c2CCl)CC1. The van der Waals surface area contributed by atoms with E-state index in [1.165, 1.54) is 24.1 Å². The number of halogens is 1. The van der Waals surface area contributed by atoms with E-state index in [1.807, 2.05) is 0 Å². The van der Waals surface area contributed by atoms with Gasteiger partial charge in [-0.1, -0.05) is 6.92 Å². The molecule has 4 heteroatoms. The number of alkyl halides is 1. The standard InChI is InChI=1S/C15H24ClN3/c1-4-5-18-6-8-19(9-7-18)15-14(11-16)12(2)10-13(3)17-15/h10H,4-9,11H2,1-3H3. The molecule has 1 fully saturated rings. The van der Waals surface area contributed by atoms with Crippen LogP contribution < -0.4 is 4.90 Å². The normalized spacial score (nSPS) is 16.9. The predicted octanol–water partition coefficient (Wildman–Crippen LogP) is 2.97. The van der Waals surface area contributed by atoms with Crippen molar-refractivity contribution in [2.75, 3.05) is 37.6 Å². The van der Waals surface area contributed by atoms with Crippen molar-refractivity contribution in [1.82, 2.24) is 9.88 Å². The lowest BCUT2D eigenvalue weighted by Gasteiger charge is -2.36. The fraction of sp³-hybridized carbons (Fsp3) is 0.667. The van der Waals surface area contributed by atoms with Crippen molar-refractivity contribution in [2.45, 2.75) is 33.1 Å². The van der Waals surface area contributed by atoms with Crippen LogP contribution in [-0.4, -0.2) is 42.6 Å². The Balaban J connectivity index is 2.15. The smallest absolute Gasteiger partial charge is 0.133 e. The molecule has 0 N–H and O–H groups in total. The van der Waals surface area contributed by atoms with Crippen molar-refractivity contribution in [2.24, 2.45) is 0 Å². The van der Waals surface area contributed by atoms with E-state index in [0.29, 0.717) is 5.88 Å². The maximum atomic E-state index is 6.11. The Morgan fingerprint density at radius 1 is 1.21 bits per heavy atom. The first-order valence-electron chi connectivity index (χ1n) is 7.16. The van der Waals surface area contributed by atoms with Crippen LogP contribution in [0.4, 0.5) is 5.82 Å². The van der Waals surface area contributed by atoms with Gasteiger partial charge in [0.1, 0.15) is 5.82 Å². The van der Waals surface area contributed by atoms with E-state index in [0.717, 1.165) is 37.7 Å². The molecule has 1 aromatic rings. The summed E-state index contributed by atoms with van der Waals surface area (Å²) in [5, 5.41) is 0. The summed E-state index contributed by atoms with van der Waals surface area (Å²) in [6, 6.07) is 2.12. The number of hydrogen-bond donors (Lipinski definition) is 0. The topological polar surface area (TPSA) is 19.4 Å². The van der Waals surface area contributed by atoms with Gasteiger partial charge in [-0.15, -0.1) is 11.6 Å². The maximum absolute atomic E-state index is 6.11. The Bertz CT molecular complexity index is 426. The molecule has 0 unspecified atom stereocenters. The third kappa shape index (κ3) is 3.40. The van der Waals surface area contributed by atoms with Gasteiger partial charge in [0, 0.05) is 37.4 Å². The summed E-state index contributed by atoms with van der Waals surface area (Å²) < 4.78 is 0. The third-order valence-corrected chi connectivity index (χ3v) is 4.07. The first kappa shape index (κ1) is 14.6. The molecule has 1 aliphatic heterocycles. The number of piperazine rings is 1. The molecule has 1 saturated heterocycles. The number of nitrogens with zero attached hydrogens (tertiary/aromatic N) is 3. The van der Waals surface area contributed by atoms with Crippen molar-refractivity contribution in [3.8, 4) is 0 Å². The van der Waals surface area contributed by atoms with E-state index in [4.69, 9.17) is 16.6 Å². The fourth-order valence-electron chi connectivity index (χ4n) is 2.77. The monoisotopic (exact) mass is 281 g/mol. The van der Waals surface area contributed by atoms with Crippen molar-refractivity contribution in [1.29, 1.82) is 0 Å². The van der Waals surface area contributed by atoms with E-state index in [9.17, 15) is 0 Å². The largest absolute Gasteiger partial charge is 0.354 e. The minimum atomic E-state index is 0.545. The molecule has 19 heavy (non-hydrogen) atoms. The van der Waals surface area contributed by atoms with Gasteiger partial charge in [0.15, 0.2) is 0 Å². The van der Waals surface area contributed by atoms with Crippen LogP contribution in [0.25, 0.3) is 0 Å². The molecule has 106 valence electrons. The summed E-state index contributed by atoms with van der Waals surface area (Å²) in [7, 11) is 0. The lowest BCUT2D eigenvalue weighted by molar-refractivity contribution is 0.258. The Labute approximate surface area is 121 Å². The molecule has 2 rings (SSSR count). The molecule has 0 saturated carbocycles. The van der Waals surface area contributed by atoms with Crippen LogP contribution in [0.2, 0.25) is 0 Å². The maximum Gasteiger partial charge on any atom is 0.133 e. The zero-order valence-electron chi connectivity index (χ0n) is 12.2. The molecule has 0 amide bonds. The Morgan fingerprint density at radius 3 is 2.47 bits per heavy atom. The van der Waals surface area contributed by atoms with Gasteiger partial charge in [-0.2, -0.15) is 0 Å². The highest BCUT2D eigenvalue weighted by Crippen LogP contribution is 2.25. The quantitative estimate of drug-likeness (QED) is 0.791. The molecule has 0 bridgehead atoms. The molecule has 1 aliphatic rings. The van der Waals surface area contributed by atoms with Crippen molar-refractivity contribution in [3.05, 3.63) is 22.9 Å². The summed E-state index contributed by atoms with van der Waals surface area (Å²) in [4.78, 5) is 9.64. The summed E-state index contributed by atoms with van der Waals surface area (Å²) in [5.41, 5.74) is 3.53. The molecular weight excluding hydrogens is 258 g/mol. The average Bonchev–Trinajstić information content (AvgIpc) is 2.39. The Kier molecular flexibility index (Phi) is 5.06. The number of pyridine rings is 1. The van der Waals surface area contributed by atoms with E-state index >= 15 is 0 Å². The molecule has 0 spiro atoms. The van der Waals surface area contributed by atoms with Crippen LogP contribution in [-0.2, 0) is 5.88 Å². The third-order valence-electron chi connectivity index (χ3n) is 3.80. The predicted molar refractivity (Wildman–Crippen MR) is 82.2 cm³/mol. The summed E-state index contributed by atoms with van der Waals surface area (Å²) in [5.74, 6) is 1.65. The zero-order valence-corrected chi connectivity index (χ0v) is 13.0. The fourth-order valence-corrected chi connectivity index (χ4v) is 3.10. The van der Waals surface area contributed by atoms with Gasteiger partial charge < -0.3 is 4.90 Å². The second-order valence-corrected chi connectivity index (χ2v) is 5.61. The van der Waals surface area contributed by atoms with E-state index in [-0.39, 0.29) is 0 Å². The van der Waals surface area contributed by atoms with E-state index in [2.05, 4.69) is 36.6 Å². The van der Waals surface area contributed by atoms with Gasteiger partial charge in [-0.25, -0.2) is 4.98 Å². The number of anilines is 1. The number of rotatable bonds is 4. The summed E-state index contributed by atoms with van der Waals surface area (Å²) in [6.07, 6.45) is 1.23. The molecule has 1 aromatic heterocycles. The summed E-state index contributed by atoms with van der Waals surface area (Å²) in [6.45, 7) is 12.0. The molecule has 0 aliphatic carbocycles. The van der Waals surface area contributed by atoms with Crippen LogP contribution in [0.3, 0.4) is 0 Å². The van der Waals surface area contributed by atoms with Crippen molar-refractivity contribution >= 4 is 17.4 Å².